The summed E-state index contributed by atoms with van der Waals surface area (Å²) in [7, 11) is 1.81. The molecule has 1 atom stereocenters. The third kappa shape index (κ3) is 6.99. The highest BCUT2D eigenvalue weighted by Gasteiger charge is 2.16. The molecule has 2 rings (SSSR count). The number of aliphatic imine (C=N–C) groups is 1. The lowest BCUT2D eigenvalue weighted by molar-refractivity contribution is 0.436. The Bertz CT molecular complexity index is 521. The first-order valence-corrected chi connectivity index (χ1v) is 9.16. The molecule has 0 aromatic carbocycles. The van der Waals surface area contributed by atoms with Crippen LogP contribution in [0.3, 0.4) is 0 Å². The Morgan fingerprint density at radius 3 is 2.48 bits per heavy atom. The molecule has 0 spiro atoms. The number of halogens is 1. The molecule has 0 bridgehead atoms. The predicted molar refractivity (Wildman–Crippen MR) is 118 cm³/mol. The smallest absolute Gasteiger partial charge is 0.191 e. The van der Waals surface area contributed by atoms with Gasteiger partial charge in [-0.25, -0.2) is 4.98 Å². The third-order valence-electron chi connectivity index (χ3n) is 4.96. The van der Waals surface area contributed by atoms with Crippen molar-refractivity contribution in [1.29, 1.82) is 0 Å². The van der Waals surface area contributed by atoms with Crippen molar-refractivity contribution in [3.63, 3.8) is 0 Å². The Hall–Kier alpha value is -1.05. The molecular weight excluding hydrogens is 425 g/mol. The standard InChI is InChI=1S/C19H33N5.HI/c1-14(2)16(4)23-19(20-5)22-13-17-6-7-18(21-12-17)24-10-8-15(3)9-11-24;/h6-7,12,14-16H,8-11,13H2,1-5H3,(H2,20,22,23);1H. The second kappa shape index (κ2) is 10.8. The van der Waals surface area contributed by atoms with E-state index in [1.54, 1.807) is 7.05 Å². The number of pyridine rings is 1. The average Bonchev–Trinajstić information content (AvgIpc) is 2.59. The fraction of sp³-hybridized carbons (Fsp3) is 0.684. The number of anilines is 1. The zero-order chi connectivity index (χ0) is 17.5. The van der Waals surface area contributed by atoms with Gasteiger partial charge in [0.05, 0.1) is 0 Å². The maximum absolute atomic E-state index is 4.65. The Morgan fingerprint density at radius 2 is 1.96 bits per heavy atom. The Kier molecular flexibility index (Phi) is 9.53. The molecule has 0 aliphatic carbocycles. The van der Waals surface area contributed by atoms with Crippen molar-refractivity contribution in [3.05, 3.63) is 23.9 Å². The van der Waals surface area contributed by atoms with Crippen LogP contribution in [-0.4, -0.2) is 37.1 Å². The normalized spacial score (nSPS) is 17.2. The first kappa shape index (κ1) is 22.0. The number of aromatic nitrogens is 1. The van der Waals surface area contributed by atoms with E-state index in [9.17, 15) is 0 Å². The van der Waals surface area contributed by atoms with Gasteiger partial charge in [0.25, 0.3) is 0 Å². The topological polar surface area (TPSA) is 52.6 Å². The SMILES string of the molecule is CN=C(NCc1ccc(N2CCC(C)CC2)nc1)NC(C)C(C)C.I. The molecular formula is C19H34IN5. The van der Waals surface area contributed by atoms with Gasteiger partial charge in [-0.05, 0) is 43.2 Å². The Morgan fingerprint density at radius 1 is 1.28 bits per heavy atom. The Labute approximate surface area is 170 Å². The van der Waals surface area contributed by atoms with Gasteiger partial charge in [0.15, 0.2) is 5.96 Å². The summed E-state index contributed by atoms with van der Waals surface area (Å²) in [6.45, 7) is 11.9. The highest BCUT2D eigenvalue weighted by atomic mass is 127. The van der Waals surface area contributed by atoms with Crippen LogP contribution in [0.4, 0.5) is 5.82 Å². The number of nitrogens with one attached hydrogen (secondary N) is 2. The number of hydrogen-bond donors (Lipinski definition) is 2. The molecule has 5 nitrogen and oxygen atoms in total. The molecule has 1 aliphatic rings. The zero-order valence-corrected chi connectivity index (χ0v) is 18.6. The van der Waals surface area contributed by atoms with Crippen LogP contribution in [0.5, 0.6) is 0 Å². The minimum Gasteiger partial charge on any atom is -0.357 e. The van der Waals surface area contributed by atoms with Crippen LogP contribution in [0.1, 0.15) is 46.1 Å². The summed E-state index contributed by atoms with van der Waals surface area (Å²) in [4.78, 5) is 11.3. The van der Waals surface area contributed by atoms with E-state index in [0.717, 1.165) is 37.3 Å². The molecule has 0 amide bonds. The number of nitrogens with zero attached hydrogens (tertiary/aromatic N) is 3. The van der Waals surface area contributed by atoms with E-state index in [2.05, 4.69) is 65.3 Å². The fourth-order valence-corrected chi connectivity index (χ4v) is 2.71. The van der Waals surface area contributed by atoms with Crippen LogP contribution in [0.2, 0.25) is 0 Å². The second-order valence-corrected chi connectivity index (χ2v) is 7.30. The van der Waals surface area contributed by atoms with Crippen LogP contribution >= 0.6 is 24.0 Å². The van der Waals surface area contributed by atoms with Gasteiger partial charge >= 0.3 is 0 Å². The van der Waals surface area contributed by atoms with Crippen molar-refractivity contribution < 1.29 is 0 Å². The highest BCUT2D eigenvalue weighted by Crippen LogP contribution is 2.21. The van der Waals surface area contributed by atoms with Crippen molar-refractivity contribution in [2.45, 2.75) is 53.1 Å². The van der Waals surface area contributed by atoms with Gasteiger partial charge in [0, 0.05) is 38.9 Å². The number of hydrogen-bond acceptors (Lipinski definition) is 3. The molecule has 2 N–H and O–H groups in total. The zero-order valence-electron chi connectivity index (χ0n) is 16.2. The molecule has 6 heteroatoms. The Balaban J connectivity index is 0.00000312. The van der Waals surface area contributed by atoms with Crippen molar-refractivity contribution in [3.8, 4) is 0 Å². The first-order chi connectivity index (χ1) is 11.5. The maximum Gasteiger partial charge on any atom is 0.191 e. The molecule has 1 aromatic heterocycles. The molecule has 0 saturated carbocycles. The van der Waals surface area contributed by atoms with Crippen LogP contribution < -0.4 is 15.5 Å². The van der Waals surface area contributed by atoms with Gasteiger partial charge in [-0.2, -0.15) is 0 Å². The fourth-order valence-electron chi connectivity index (χ4n) is 2.71. The number of rotatable bonds is 5. The molecule has 0 radical (unpaired) electrons. The minimum atomic E-state index is 0. The van der Waals surface area contributed by atoms with Gasteiger partial charge in [-0.1, -0.05) is 26.8 Å². The van der Waals surface area contributed by atoms with Crippen LogP contribution in [0.15, 0.2) is 23.3 Å². The summed E-state index contributed by atoms with van der Waals surface area (Å²) in [5.41, 5.74) is 1.17. The molecule has 1 unspecified atom stereocenters. The number of piperidine rings is 1. The van der Waals surface area contributed by atoms with E-state index in [0.29, 0.717) is 12.0 Å². The summed E-state index contributed by atoms with van der Waals surface area (Å²) in [6.07, 6.45) is 4.50. The van der Waals surface area contributed by atoms with Crippen LogP contribution in [0, 0.1) is 11.8 Å². The highest BCUT2D eigenvalue weighted by molar-refractivity contribution is 14.0. The molecule has 25 heavy (non-hydrogen) atoms. The third-order valence-corrected chi connectivity index (χ3v) is 4.96. The number of guanidine groups is 1. The van der Waals surface area contributed by atoms with Crippen molar-refractivity contribution in [1.82, 2.24) is 15.6 Å². The van der Waals surface area contributed by atoms with Crippen LogP contribution in [0.25, 0.3) is 0 Å². The summed E-state index contributed by atoms with van der Waals surface area (Å²) in [5.74, 6) is 3.35. The van der Waals surface area contributed by atoms with Gasteiger partial charge in [0.1, 0.15) is 5.82 Å². The largest absolute Gasteiger partial charge is 0.357 e. The van der Waals surface area contributed by atoms with E-state index in [1.165, 1.54) is 18.4 Å². The van der Waals surface area contributed by atoms with Crippen molar-refractivity contribution in [2.75, 3.05) is 25.0 Å². The molecule has 1 aliphatic heterocycles. The van der Waals surface area contributed by atoms with E-state index < -0.39 is 0 Å². The summed E-state index contributed by atoms with van der Waals surface area (Å²) in [6, 6.07) is 4.69. The first-order valence-electron chi connectivity index (χ1n) is 9.16. The molecule has 1 saturated heterocycles. The van der Waals surface area contributed by atoms with Gasteiger partial charge in [-0.3, -0.25) is 4.99 Å². The maximum atomic E-state index is 4.65. The van der Waals surface area contributed by atoms with Gasteiger partial charge in [0.2, 0.25) is 0 Å². The minimum absolute atomic E-state index is 0. The average molecular weight is 459 g/mol. The lowest BCUT2D eigenvalue weighted by atomic mass is 9.99. The van der Waals surface area contributed by atoms with E-state index >= 15 is 0 Å². The molecule has 142 valence electrons. The molecule has 2 heterocycles. The van der Waals surface area contributed by atoms with Gasteiger partial charge < -0.3 is 15.5 Å². The molecule has 1 aromatic rings. The second-order valence-electron chi connectivity index (χ2n) is 7.30. The lowest BCUT2D eigenvalue weighted by Gasteiger charge is -2.31. The summed E-state index contributed by atoms with van der Waals surface area (Å²) >= 11 is 0. The quantitative estimate of drug-likeness (QED) is 0.401. The summed E-state index contributed by atoms with van der Waals surface area (Å²) in [5, 5.41) is 6.78. The van der Waals surface area contributed by atoms with Crippen LogP contribution in [-0.2, 0) is 6.54 Å². The van der Waals surface area contributed by atoms with E-state index in [-0.39, 0.29) is 24.0 Å². The van der Waals surface area contributed by atoms with E-state index in [4.69, 9.17) is 0 Å². The predicted octanol–water partition coefficient (Wildman–Crippen LogP) is 3.65. The van der Waals surface area contributed by atoms with Gasteiger partial charge in [-0.15, -0.1) is 24.0 Å². The van der Waals surface area contributed by atoms with Crippen molar-refractivity contribution >= 4 is 35.8 Å². The monoisotopic (exact) mass is 459 g/mol. The lowest BCUT2D eigenvalue weighted by Crippen LogP contribution is -2.43. The summed E-state index contributed by atoms with van der Waals surface area (Å²) < 4.78 is 0. The van der Waals surface area contributed by atoms with E-state index in [1.807, 2.05) is 6.20 Å². The van der Waals surface area contributed by atoms with Crippen molar-refractivity contribution in [2.24, 2.45) is 16.8 Å². The molecule has 1 fully saturated rings.